The van der Waals surface area contributed by atoms with E-state index >= 15 is 0 Å². The maximum atomic E-state index is 12.5. The van der Waals surface area contributed by atoms with Crippen molar-refractivity contribution < 1.29 is 4.79 Å². The van der Waals surface area contributed by atoms with Crippen LogP contribution in [0, 0.1) is 5.92 Å². The van der Waals surface area contributed by atoms with E-state index in [0.29, 0.717) is 12.5 Å². The van der Waals surface area contributed by atoms with Gasteiger partial charge >= 0.3 is 0 Å². The third-order valence-corrected chi connectivity index (χ3v) is 4.00. The number of hydrogen-bond donors (Lipinski definition) is 1. The van der Waals surface area contributed by atoms with Gasteiger partial charge in [-0.15, -0.1) is 0 Å². The summed E-state index contributed by atoms with van der Waals surface area (Å²) in [7, 11) is 1.84. The first-order valence-corrected chi connectivity index (χ1v) is 7.49. The summed E-state index contributed by atoms with van der Waals surface area (Å²) in [6.45, 7) is 4.90. The van der Waals surface area contributed by atoms with Crippen LogP contribution in [0.3, 0.4) is 0 Å². The number of rotatable bonds is 5. The van der Waals surface area contributed by atoms with Crippen LogP contribution in [0.4, 0.5) is 0 Å². The molecule has 0 bridgehead atoms. The molecule has 0 aromatic heterocycles. The van der Waals surface area contributed by atoms with Crippen molar-refractivity contribution in [3.63, 3.8) is 0 Å². The molecule has 112 valence electrons. The van der Waals surface area contributed by atoms with Crippen LogP contribution in [0.1, 0.15) is 30.6 Å². The zero-order chi connectivity index (χ0) is 15.4. The van der Waals surface area contributed by atoms with Crippen LogP contribution in [0.15, 0.2) is 42.5 Å². The molecule has 1 amide bonds. The molecular weight excluding hydrogens is 260 g/mol. The van der Waals surface area contributed by atoms with E-state index in [-0.39, 0.29) is 11.9 Å². The van der Waals surface area contributed by atoms with Crippen molar-refractivity contribution in [2.45, 2.75) is 26.3 Å². The molecule has 2 rings (SSSR count). The molecule has 2 aromatic carbocycles. The van der Waals surface area contributed by atoms with Crippen LogP contribution in [0.2, 0.25) is 0 Å². The lowest BCUT2D eigenvalue weighted by molar-refractivity contribution is 0.0789. The molecule has 3 nitrogen and oxygen atoms in total. The van der Waals surface area contributed by atoms with E-state index in [1.165, 1.54) is 0 Å². The topological polar surface area (TPSA) is 46.3 Å². The highest BCUT2D eigenvalue weighted by molar-refractivity contribution is 5.98. The molecule has 0 saturated carbocycles. The van der Waals surface area contributed by atoms with Gasteiger partial charge in [-0.25, -0.2) is 0 Å². The van der Waals surface area contributed by atoms with Crippen LogP contribution in [-0.2, 0) is 0 Å². The predicted octanol–water partition coefficient (Wildman–Crippen LogP) is 3.29. The molecule has 0 spiro atoms. The van der Waals surface area contributed by atoms with Gasteiger partial charge in [-0.05, 0) is 35.2 Å². The molecule has 1 atom stereocenters. The highest BCUT2D eigenvalue weighted by Gasteiger charge is 2.14. The molecule has 21 heavy (non-hydrogen) atoms. The average Bonchev–Trinajstić information content (AvgIpc) is 2.50. The van der Waals surface area contributed by atoms with Crippen molar-refractivity contribution in [3.05, 3.63) is 48.0 Å². The summed E-state index contributed by atoms with van der Waals surface area (Å²) in [4.78, 5) is 14.2. The smallest absolute Gasteiger partial charge is 0.253 e. The summed E-state index contributed by atoms with van der Waals surface area (Å²) in [5.74, 6) is 0.492. The van der Waals surface area contributed by atoms with Gasteiger partial charge in [0.2, 0.25) is 0 Å². The SMILES string of the molecule is CC(C)C(N)CCN(C)C(=O)c1ccc2ccccc2c1. The third kappa shape index (κ3) is 3.82. The summed E-state index contributed by atoms with van der Waals surface area (Å²) < 4.78 is 0. The zero-order valence-electron chi connectivity index (χ0n) is 13.0. The molecule has 0 fully saturated rings. The van der Waals surface area contributed by atoms with Gasteiger partial charge < -0.3 is 10.6 Å². The lowest BCUT2D eigenvalue weighted by atomic mass is 10.0. The number of benzene rings is 2. The lowest BCUT2D eigenvalue weighted by Crippen LogP contribution is -2.34. The first kappa shape index (κ1) is 15.5. The Balaban J connectivity index is 2.07. The van der Waals surface area contributed by atoms with Crippen molar-refractivity contribution in [2.24, 2.45) is 11.7 Å². The lowest BCUT2D eigenvalue weighted by Gasteiger charge is -2.21. The Kier molecular flexibility index (Phi) is 4.97. The van der Waals surface area contributed by atoms with Crippen LogP contribution >= 0.6 is 0 Å². The molecular formula is C18H24N2O. The molecule has 2 aromatic rings. The summed E-state index contributed by atoms with van der Waals surface area (Å²) >= 11 is 0. The molecule has 1 unspecified atom stereocenters. The minimum absolute atomic E-state index is 0.0525. The highest BCUT2D eigenvalue weighted by atomic mass is 16.2. The first-order chi connectivity index (χ1) is 9.99. The van der Waals surface area contributed by atoms with E-state index in [4.69, 9.17) is 5.73 Å². The van der Waals surface area contributed by atoms with Gasteiger partial charge in [0.15, 0.2) is 0 Å². The fourth-order valence-corrected chi connectivity index (χ4v) is 2.32. The Bertz CT molecular complexity index is 621. The fourth-order valence-electron chi connectivity index (χ4n) is 2.32. The Morgan fingerprint density at radius 2 is 1.81 bits per heavy atom. The standard InChI is InChI=1S/C18H24N2O/c1-13(2)17(19)10-11-20(3)18(21)16-9-8-14-6-4-5-7-15(14)12-16/h4-9,12-13,17H,10-11,19H2,1-3H3. The van der Waals surface area contributed by atoms with Crippen molar-refractivity contribution >= 4 is 16.7 Å². The van der Waals surface area contributed by atoms with Gasteiger partial charge in [0.25, 0.3) is 5.91 Å². The summed E-state index contributed by atoms with van der Waals surface area (Å²) in [5.41, 5.74) is 6.77. The van der Waals surface area contributed by atoms with E-state index in [9.17, 15) is 4.79 Å². The summed E-state index contributed by atoms with van der Waals surface area (Å²) in [6, 6.07) is 14.0. The normalized spacial score (nSPS) is 12.6. The molecule has 2 N–H and O–H groups in total. The average molecular weight is 284 g/mol. The van der Waals surface area contributed by atoms with Gasteiger partial charge in [-0.2, -0.15) is 0 Å². The quantitative estimate of drug-likeness (QED) is 0.916. The molecule has 0 aliphatic carbocycles. The number of amides is 1. The minimum atomic E-state index is 0.0525. The predicted molar refractivity (Wildman–Crippen MR) is 88.3 cm³/mol. The largest absolute Gasteiger partial charge is 0.342 e. The molecule has 0 saturated heterocycles. The van der Waals surface area contributed by atoms with Crippen LogP contribution in [-0.4, -0.2) is 30.4 Å². The second-order valence-electron chi connectivity index (χ2n) is 5.99. The van der Waals surface area contributed by atoms with Crippen LogP contribution in [0.25, 0.3) is 10.8 Å². The van der Waals surface area contributed by atoms with E-state index < -0.39 is 0 Å². The van der Waals surface area contributed by atoms with Crippen molar-refractivity contribution in [1.82, 2.24) is 4.90 Å². The summed E-state index contributed by atoms with van der Waals surface area (Å²) in [6.07, 6.45) is 0.827. The molecule has 0 heterocycles. The maximum Gasteiger partial charge on any atom is 0.253 e. The molecule has 0 aliphatic heterocycles. The van der Waals surface area contributed by atoms with Crippen molar-refractivity contribution in [1.29, 1.82) is 0 Å². The second-order valence-corrected chi connectivity index (χ2v) is 5.99. The van der Waals surface area contributed by atoms with E-state index in [2.05, 4.69) is 19.9 Å². The maximum absolute atomic E-state index is 12.5. The molecule has 3 heteroatoms. The highest BCUT2D eigenvalue weighted by Crippen LogP contribution is 2.17. The Hall–Kier alpha value is -1.87. The van der Waals surface area contributed by atoms with E-state index in [0.717, 1.165) is 22.8 Å². The zero-order valence-corrected chi connectivity index (χ0v) is 13.0. The third-order valence-electron chi connectivity index (χ3n) is 4.00. The monoisotopic (exact) mass is 284 g/mol. The molecule has 0 radical (unpaired) electrons. The number of fused-ring (bicyclic) bond motifs is 1. The van der Waals surface area contributed by atoms with Gasteiger partial charge in [0.05, 0.1) is 0 Å². The summed E-state index contributed by atoms with van der Waals surface area (Å²) in [5, 5.41) is 2.24. The fraction of sp³-hybridized carbons (Fsp3) is 0.389. The van der Waals surface area contributed by atoms with E-state index in [1.54, 1.807) is 4.90 Å². The number of carbonyl (C=O) groups is 1. The number of carbonyl (C=O) groups excluding carboxylic acids is 1. The first-order valence-electron chi connectivity index (χ1n) is 7.49. The molecule has 0 aliphatic rings. The number of hydrogen-bond acceptors (Lipinski definition) is 2. The van der Waals surface area contributed by atoms with Gasteiger partial charge in [-0.3, -0.25) is 4.79 Å². The van der Waals surface area contributed by atoms with Crippen molar-refractivity contribution in [2.75, 3.05) is 13.6 Å². The minimum Gasteiger partial charge on any atom is -0.342 e. The Labute approximate surface area is 126 Å². The Morgan fingerprint density at radius 1 is 1.14 bits per heavy atom. The van der Waals surface area contributed by atoms with Gasteiger partial charge in [0.1, 0.15) is 0 Å². The van der Waals surface area contributed by atoms with Gasteiger partial charge in [-0.1, -0.05) is 44.2 Å². The van der Waals surface area contributed by atoms with Crippen LogP contribution < -0.4 is 5.73 Å². The number of nitrogens with two attached hydrogens (primary N) is 1. The Morgan fingerprint density at radius 3 is 2.48 bits per heavy atom. The second kappa shape index (κ2) is 6.72. The van der Waals surface area contributed by atoms with Crippen LogP contribution in [0.5, 0.6) is 0 Å². The number of nitrogens with zero attached hydrogens (tertiary/aromatic N) is 1. The van der Waals surface area contributed by atoms with Crippen molar-refractivity contribution in [3.8, 4) is 0 Å². The van der Waals surface area contributed by atoms with Gasteiger partial charge in [0, 0.05) is 25.2 Å². The van der Waals surface area contributed by atoms with E-state index in [1.807, 2.05) is 43.4 Å².